The lowest BCUT2D eigenvalue weighted by Gasteiger charge is -2.18. The zero-order valence-electron chi connectivity index (χ0n) is 51.1. The molecule has 0 spiro atoms. The van der Waals surface area contributed by atoms with Gasteiger partial charge in [0.15, 0.2) is 6.10 Å². The van der Waals surface area contributed by atoms with Crippen LogP contribution in [0.25, 0.3) is 0 Å². The first-order chi connectivity index (χ1) is 37.0. The van der Waals surface area contributed by atoms with Gasteiger partial charge in [0.2, 0.25) is 0 Å². The molecule has 0 radical (unpaired) electrons. The minimum atomic E-state index is -0.762. The first kappa shape index (κ1) is 73.2. The SMILES string of the molecule is CCCCCCCCCC/C=C\CCCCCCCCCCCCCCCCCCCCCCCCCC(=O)OCC(COC(=O)CCCCCCCCCC)OC(=O)CCCCCCCCCCCCCCCC. The van der Waals surface area contributed by atoms with Gasteiger partial charge < -0.3 is 14.2 Å². The maximum absolute atomic E-state index is 12.8. The molecule has 0 fully saturated rings. The van der Waals surface area contributed by atoms with E-state index in [2.05, 4.69) is 32.9 Å². The van der Waals surface area contributed by atoms with Gasteiger partial charge >= 0.3 is 17.9 Å². The third-order valence-corrected chi connectivity index (χ3v) is 15.8. The highest BCUT2D eigenvalue weighted by Gasteiger charge is 2.19. The summed E-state index contributed by atoms with van der Waals surface area (Å²) in [5.74, 6) is -0.839. The number of unbranched alkanes of at least 4 members (excludes halogenated alkanes) is 51. The summed E-state index contributed by atoms with van der Waals surface area (Å²) in [7, 11) is 0. The van der Waals surface area contributed by atoms with E-state index >= 15 is 0 Å². The molecule has 0 aliphatic rings. The van der Waals surface area contributed by atoms with Crippen LogP contribution >= 0.6 is 0 Å². The van der Waals surface area contributed by atoms with Crippen LogP contribution in [0.5, 0.6) is 0 Å². The summed E-state index contributed by atoms with van der Waals surface area (Å²) in [6.45, 7) is 6.68. The summed E-state index contributed by atoms with van der Waals surface area (Å²) < 4.78 is 16.9. The Morgan fingerprint density at radius 1 is 0.253 bits per heavy atom. The van der Waals surface area contributed by atoms with Crippen LogP contribution in [-0.2, 0) is 28.6 Å². The van der Waals surface area contributed by atoms with E-state index in [0.717, 1.165) is 57.8 Å². The molecule has 444 valence electrons. The van der Waals surface area contributed by atoms with Crippen LogP contribution in [0, 0.1) is 0 Å². The molecule has 0 aliphatic carbocycles. The number of rotatable bonds is 64. The second-order valence-electron chi connectivity index (χ2n) is 23.5. The van der Waals surface area contributed by atoms with Gasteiger partial charge in [0.05, 0.1) is 0 Å². The molecule has 0 heterocycles. The highest BCUT2D eigenvalue weighted by Crippen LogP contribution is 2.19. The predicted molar refractivity (Wildman–Crippen MR) is 326 cm³/mol. The zero-order valence-corrected chi connectivity index (χ0v) is 51.1. The second-order valence-corrected chi connectivity index (χ2v) is 23.5. The molecular formula is C69H132O6. The van der Waals surface area contributed by atoms with E-state index in [1.54, 1.807) is 0 Å². The number of carbonyl (C=O) groups excluding carboxylic acids is 3. The van der Waals surface area contributed by atoms with Crippen LogP contribution in [0.3, 0.4) is 0 Å². The van der Waals surface area contributed by atoms with E-state index in [1.807, 2.05) is 0 Å². The van der Waals surface area contributed by atoms with Crippen LogP contribution in [0.2, 0.25) is 0 Å². The van der Waals surface area contributed by atoms with Gasteiger partial charge in [0.1, 0.15) is 13.2 Å². The minimum absolute atomic E-state index is 0.0626. The summed E-state index contributed by atoms with van der Waals surface area (Å²) in [6.07, 6.45) is 77.1. The first-order valence-electron chi connectivity index (χ1n) is 34.2. The van der Waals surface area contributed by atoms with Crippen molar-refractivity contribution < 1.29 is 28.6 Å². The van der Waals surface area contributed by atoms with Crippen molar-refractivity contribution >= 4 is 17.9 Å². The third-order valence-electron chi connectivity index (χ3n) is 15.8. The molecule has 0 aromatic carbocycles. The predicted octanol–water partition coefficient (Wildman–Crippen LogP) is 23.2. The topological polar surface area (TPSA) is 78.9 Å². The highest BCUT2D eigenvalue weighted by molar-refractivity contribution is 5.71. The third kappa shape index (κ3) is 62.9. The van der Waals surface area contributed by atoms with Crippen molar-refractivity contribution in [1.82, 2.24) is 0 Å². The first-order valence-corrected chi connectivity index (χ1v) is 34.2. The molecule has 0 aromatic heterocycles. The van der Waals surface area contributed by atoms with Crippen molar-refractivity contribution in [1.29, 1.82) is 0 Å². The number of hydrogen-bond acceptors (Lipinski definition) is 6. The van der Waals surface area contributed by atoms with E-state index in [1.165, 1.54) is 295 Å². The lowest BCUT2D eigenvalue weighted by atomic mass is 10.0. The Kier molecular flexibility index (Phi) is 63.1. The minimum Gasteiger partial charge on any atom is -0.462 e. The average Bonchev–Trinajstić information content (AvgIpc) is 3.41. The van der Waals surface area contributed by atoms with Crippen molar-refractivity contribution in [2.45, 2.75) is 399 Å². The van der Waals surface area contributed by atoms with Crippen molar-refractivity contribution in [2.75, 3.05) is 13.2 Å². The largest absolute Gasteiger partial charge is 0.462 e. The smallest absolute Gasteiger partial charge is 0.306 e. The van der Waals surface area contributed by atoms with E-state index in [0.29, 0.717) is 19.3 Å². The molecule has 0 amide bonds. The summed E-state index contributed by atoms with van der Waals surface area (Å²) in [5, 5.41) is 0. The number of esters is 3. The quantitative estimate of drug-likeness (QED) is 0.0261. The van der Waals surface area contributed by atoms with Crippen LogP contribution in [0.15, 0.2) is 12.2 Å². The van der Waals surface area contributed by atoms with Gasteiger partial charge in [0.25, 0.3) is 0 Å². The molecule has 0 saturated carbocycles. The van der Waals surface area contributed by atoms with Crippen LogP contribution in [-0.4, -0.2) is 37.2 Å². The number of ether oxygens (including phenoxy) is 3. The number of allylic oxidation sites excluding steroid dienone is 2. The van der Waals surface area contributed by atoms with E-state index < -0.39 is 6.10 Å². The van der Waals surface area contributed by atoms with Crippen LogP contribution in [0.1, 0.15) is 393 Å². The average molecular weight is 1060 g/mol. The Bertz CT molecular complexity index is 1170. The summed E-state index contributed by atoms with van der Waals surface area (Å²) in [4.78, 5) is 38.1. The normalized spacial score (nSPS) is 12.0. The number of carbonyl (C=O) groups is 3. The Hall–Kier alpha value is -1.85. The van der Waals surface area contributed by atoms with E-state index in [-0.39, 0.29) is 31.1 Å². The van der Waals surface area contributed by atoms with Gasteiger partial charge in [-0.3, -0.25) is 14.4 Å². The van der Waals surface area contributed by atoms with Gasteiger partial charge in [-0.15, -0.1) is 0 Å². The van der Waals surface area contributed by atoms with Crippen LogP contribution < -0.4 is 0 Å². The van der Waals surface area contributed by atoms with Gasteiger partial charge in [-0.25, -0.2) is 0 Å². The van der Waals surface area contributed by atoms with Gasteiger partial charge in [-0.05, 0) is 44.9 Å². The Labute approximate surface area is 469 Å². The Balaban J connectivity index is 3.90. The van der Waals surface area contributed by atoms with Gasteiger partial charge in [0, 0.05) is 19.3 Å². The standard InChI is InChI=1S/C69H132O6/c1-4-7-10-13-16-19-21-23-25-26-27-28-29-30-31-32-33-34-35-36-37-38-39-40-41-42-43-44-45-47-48-50-53-56-59-62-68(71)74-65-66(64-73-67(70)61-58-55-52-18-15-12-9-6-3)75-69(72)63-60-57-54-51-49-46-24-22-20-17-14-11-8-5-2/h26-27,66H,4-25,28-65H2,1-3H3/b27-26-. The summed E-state index contributed by atoms with van der Waals surface area (Å²) in [6, 6.07) is 0. The van der Waals surface area contributed by atoms with Gasteiger partial charge in [-0.1, -0.05) is 341 Å². The molecule has 1 atom stereocenters. The molecule has 6 heteroatoms. The Morgan fingerprint density at radius 2 is 0.440 bits per heavy atom. The molecule has 0 bridgehead atoms. The molecule has 0 saturated heterocycles. The highest BCUT2D eigenvalue weighted by atomic mass is 16.6. The monoisotopic (exact) mass is 1060 g/mol. The summed E-state index contributed by atoms with van der Waals surface area (Å²) in [5.41, 5.74) is 0. The van der Waals surface area contributed by atoms with Crippen molar-refractivity contribution in [2.24, 2.45) is 0 Å². The zero-order chi connectivity index (χ0) is 54.3. The summed E-state index contributed by atoms with van der Waals surface area (Å²) >= 11 is 0. The lowest BCUT2D eigenvalue weighted by Crippen LogP contribution is -2.30. The van der Waals surface area contributed by atoms with Crippen LogP contribution in [0.4, 0.5) is 0 Å². The van der Waals surface area contributed by atoms with E-state index in [4.69, 9.17) is 14.2 Å². The molecule has 6 nitrogen and oxygen atoms in total. The maximum Gasteiger partial charge on any atom is 0.306 e. The maximum atomic E-state index is 12.8. The van der Waals surface area contributed by atoms with Crippen molar-refractivity contribution in [3.05, 3.63) is 12.2 Å². The Morgan fingerprint density at radius 3 is 0.667 bits per heavy atom. The van der Waals surface area contributed by atoms with E-state index in [9.17, 15) is 14.4 Å². The molecular weight excluding hydrogens is 925 g/mol. The fraction of sp³-hybridized carbons (Fsp3) is 0.928. The molecule has 0 aliphatic heterocycles. The molecule has 75 heavy (non-hydrogen) atoms. The van der Waals surface area contributed by atoms with Gasteiger partial charge in [-0.2, -0.15) is 0 Å². The molecule has 0 N–H and O–H groups in total. The fourth-order valence-electron chi connectivity index (χ4n) is 10.6. The second kappa shape index (κ2) is 64.7. The lowest BCUT2D eigenvalue weighted by molar-refractivity contribution is -0.167. The molecule has 0 aromatic rings. The molecule has 0 rings (SSSR count). The number of hydrogen-bond donors (Lipinski definition) is 0. The van der Waals surface area contributed by atoms with Crippen molar-refractivity contribution in [3.63, 3.8) is 0 Å². The molecule has 1 unspecified atom stereocenters. The van der Waals surface area contributed by atoms with Crippen molar-refractivity contribution in [3.8, 4) is 0 Å². The fourth-order valence-corrected chi connectivity index (χ4v) is 10.6.